The van der Waals surface area contributed by atoms with Gasteiger partial charge in [0.2, 0.25) is 0 Å². The molecule has 6 heteroatoms. The lowest BCUT2D eigenvalue weighted by atomic mass is 9.86. The van der Waals surface area contributed by atoms with E-state index >= 15 is 0 Å². The van der Waals surface area contributed by atoms with Crippen molar-refractivity contribution < 1.29 is 9.53 Å². The van der Waals surface area contributed by atoms with Crippen LogP contribution in [0.2, 0.25) is 0 Å². The van der Waals surface area contributed by atoms with E-state index in [1.165, 1.54) is 11.3 Å². The van der Waals surface area contributed by atoms with Gasteiger partial charge in [-0.25, -0.2) is 9.78 Å². The number of piperidine rings is 3. The number of carbonyl (C=O) groups is 1. The highest BCUT2D eigenvalue weighted by molar-refractivity contribution is 7.13. The lowest BCUT2D eigenvalue weighted by molar-refractivity contribution is -0.0290. The van der Waals surface area contributed by atoms with E-state index in [0.717, 1.165) is 48.5 Å². The number of anilines is 1. The summed E-state index contributed by atoms with van der Waals surface area (Å²) in [5, 5.41) is 2.84. The number of thiazole rings is 1. The number of aryl methyl sites for hydroxylation is 1. The molecule has 2 bridgehead atoms. The predicted molar refractivity (Wildman–Crippen MR) is 95.3 cm³/mol. The zero-order valence-corrected chi connectivity index (χ0v) is 14.5. The molecule has 4 heterocycles. The molecule has 1 atom stereocenters. The fourth-order valence-corrected chi connectivity index (χ4v) is 4.50. The normalized spacial score (nSPS) is 25.5. The van der Waals surface area contributed by atoms with Crippen molar-refractivity contribution in [1.29, 1.82) is 0 Å². The van der Waals surface area contributed by atoms with Gasteiger partial charge in [-0.15, -0.1) is 11.3 Å². The van der Waals surface area contributed by atoms with Crippen LogP contribution in [-0.4, -0.2) is 41.7 Å². The van der Waals surface area contributed by atoms with Gasteiger partial charge in [0.05, 0.1) is 10.4 Å². The second kappa shape index (κ2) is 6.53. The maximum Gasteiger partial charge on any atom is 0.413 e. The van der Waals surface area contributed by atoms with Gasteiger partial charge in [0.1, 0.15) is 6.10 Å². The van der Waals surface area contributed by atoms with Crippen molar-refractivity contribution in [2.75, 3.05) is 25.0 Å². The van der Waals surface area contributed by atoms with Crippen LogP contribution in [0.4, 0.5) is 10.6 Å². The molecule has 3 aliphatic rings. The zero-order valence-electron chi connectivity index (χ0n) is 13.7. The smallest absolute Gasteiger partial charge is 0.413 e. The number of hydrogen-bond acceptors (Lipinski definition) is 5. The van der Waals surface area contributed by atoms with Crippen LogP contribution < -0.4 is 5.32 Å². The highest BCUT2D eigenvalue weighted by atomic mass is 32.1. The van der Waals surface area contributed by atoms with Crippen molar-refractivity contribution in [3.63, 3.8) is 0 Å². The Balaban J connectivity index is 1.45. The van der Waals surface area contributed by atoms with Crippen molar-refractivity contribution in [3.8, 4) is 10.4 Å². The minimum absolute atomic E-state index is 0.00745. The Morgan fingerprint density at radius 1 is 1.33 bits per heavy atom. The van der Waals surface area contributed by atoms with Gasteiger partial charge >= 0.3 is 6.09 Å². The van der Waals surface area contributed by atoms with E-state index in [-0.39, 0.29) is 6.10 Å². The summed E-state index contributed by atoms with van der Waals surface area (Å²) in [5.74, 6) is 1.09. The van der Waals surface area contributed by atoms with Crippen molar-refractivity contribution in [1.82, 2.24) is 9.88 Å². The van der Waals surface area contributed by atoms with E-state index < -0.39 is 6.09 Å². The Kier molecular flexibility index (Phi) is 4.24. The molecule has 2 aromatic rings. The lowest BCUT2D eigenvalue weighted by Gasteiger charge is -2.43. The van der Waals surface area contributed by atoms with Gasteiger partial charge in [-0.05, 0) is 49.9 Å². The number of carbonyl (C=O) groups excluding carboxylic acids is 1. The number of rotatable bonds is 3. The molecular weight excluding hydrogens is 322 g/mol. The quantitative estimate of drug-likeness (QED) is 0.922. The number of hydrogen-bond donors (Lipinski definition) is 1. The molecule has 1 N–H and O–H groups in total. The minimum atomic E-state index is -0.394. The van der Waals surface area contributed by atoms with Crippen molar-refractivity contribution in [2.24, 2.45) is 5.92 Å². The number of fused-ring (bicyclic) bond motifs is 3. The largest absolute Gasteiger partial charge is 0.444 e. The average molecular weight is 343 g/mol. The van der Waals surface area contributed by atoms with E-state index in [1.54, 1.807) is 5.51 Å². The van der Waals surface area contributed by atoms with Crippen molar-refractivity contribution in [2.45, 2.75) is 25.9 Å². The molecule has 3 aliphatic heterocycles. The number of nitrogens with zero attached hydrogens (tertiary/aromatic N) is 2. The summed E-state index contributed by atoms with van der Waals surface area (Å²) in [6, 6.07) is 8.11. The lowest BCUT2D eigenvalue weighted by Crippen LogP contribution is -2.52. The summed E-state index contributed by atoms with van der Waals surface area (Å²) in [7, 11) is 0. The molecule has 1 aromatic carbocycles. The van der Waals surface area contributed by atoms with E-state index in [0.29, 0.717) is 11.7 Å². The van der Waals surface area contributed by atoms with Crippen LogP contribution in [0.3, 0.4) is 0 Å². The highest BCUT2D eigenvalue weighted by Crippen LogP contribution is 2.34. The summed E-state index contributed by atoms with van der Waals surface area (Å²) in [5.41, 5.74) is 4.01. The number of amides is 1. The molecule has 1 amide bonds. The summed E-state index contributed by atoms with van der Waals surface area (Å²) in [6.07, 6.45) is 1.87. The molecule has 0 saturated carbocycles. The van der Waals surface area contributed by atoms with Gasteiger partial charge in [-0.1, -0.05) is 24.3 Å². The molecule has 1 aromatic heterocycles. The average Bonchev–Trinajstić information content (AvgIpc) is 3.04. The van der Waals surface area contributed by atoms with Crippen LogP contribution in [0.25, 0.3) is 10.4 Å². The monoisotopic (exact) mass is 343 g/mol. The molecule has 126 valence electrons. The summed E-state index contributed by atoms with van der Waals surface area (Å²) in [6.45, 7) is 5.19. The standard InChI is InChI=1S/C18H21N3O2S/c1-12-4-2-3-5-14(12)16-17(19-11-24-16)20-18(22)23-15-10-21-8-6-13(15)7-9-21/h2-5,11,13,15H,6-10H2,1H3,(H,20,22)/t15-/m0/s1. The molecule has 5 rings (SSSR count). The third-order valence-electron chi connectivity index (χ3n) is 5.03. The van der Waals surface area contributed by atoms with Crippen molar-refractivity contribution in [3.05, 3.63) is 35.3 Å². The molecule has 3 saturated heterocycles. The first-order valence-corrected chi connectivity index (χ1v) is 9.28. The first-order chi connectivity index (χ1) is 11.7. The number of benzene rings is 1. The van der Waals surface area contributed by atoms with Crippen LogP contribution in [0.5, 0.6) is 0 Å². The van der Waals surface area contributed by atoms with Gasteiger partial charge in [0, 0.05) is 6.54 Å². The van der Waals surface area contributed by atoms with Gasteiger partial charge in [0.15, 0.2) is 5.82 Å². The number of nitrogens with one attached hydrogen (secondary N) is 1. The molecule has 0 radical (unpaired) electrons. The Morgan fingerprint density at radius 3 is 2.83 bits per heavy atom. The van der Waals surface area contributed by atoms with Crippen LogP contribution in [0.15, 0.2) is 29.8 Å². The van der Waals surface area contributed by atoms with Crippen LogP contribution >= 0.6 is 11.3 Å². The second-order valence-electron chi connectivity index (χ2n) is 6.55. The third-order valence-corrected chi connectivity index (χ3v) is 5.89. The second-order valence-corrected chi connectivity index (χ2v) is 7.41. The van der Waals surface area contributed by atoms with Gasteiger partial charge in [-0.2, -0.15) is 0 Å². The molecule has 5 nitrogen and oxygen atoms in total. The topological polar surface area (TPSA) is 54.5 Å². The summed E-state index contributed by atoms with van der Waals surface area (Å²) in [4.78, 5) is 20.0. The van der Waals surface area contributed by atoms with Gasteiger partial charge in [0.25, 0.3) is 0 Å². The predicted octanol–water partition coefficient (Wildman–Crippen LogP) is 3.76. The highest BCUT2D eigenvalue weighted by Gasteiger charge is 2.36. The van der Waals surface area contributed by atoms with Gasteiger partial charge < -0.3 is 4.74 Å². The van der Waals surface area contributed by atoms with Crippen molar-refractivity contribution >= 4 is 23.2 Å². The number of ether oxygens (including phenoxy) is 1. The Morgan fingerprint density at radius 2 is 2.12 bits per heavy atom. The molecule has 3 fully saturated rings. The first kappa shape index (κ1) is 15.6. The maximum atomic E-state index is 12.3. The van der Waals surface area contributed by atoms with E-state index in [4.69, 9.17) is 4.74 Å². The fourth-order valence-electron chi connectivity index (χ4n) is 3.66. The van der Waals surface area contributed by atoms with Crippen LogP contribution in [0, 0.1) is 12.8 Å². The molecule has 0 aliphatic carbocycles. The number of aromatic nitrogens is 1. The molecule has 0 spiro atoms. The van der Waals surface area contributed by atoms with Crippen LogP contribution in [-0.2, 0) is 4.74 Å². The Bertz CT molecular complexity index is 737. The maximum absolute atomic E-state index is 12.3. The van der Waals surface area contributed by atoms with Crippen LogP contribution in [0.1, 0.15) is 18.4 Å². The molecule has 24 heavy (non-hydrogen) atoms. The minimum Gasteiger partial charge on any atom is -0.444 e. The van der Waals surface area contributed by atoms with E-state index in [9.17, 15) is 4.79 Å². The zero-order chi connectivity index (χ0) is 16.5. The Labute approximate surface area is 145 Å². The van der Waals surface area contributed by atoms with E-state index in [2.05, 4.69) is 28.2 Å². The summed E-state index contributed by atoms with van der Waals surface area (Å²) < 4.78 is 5.69. The molecule has 0 unspecified atom stereocenters. The molecular formula is C18H21N3O2S. The fraction of sp³-hybridized carbons (Fsp3) is 0.444. The van der Waals surface area contributed by atoms with Gasteiger partial charge in [-0.3, -0.25) is 10.2 Å². The Hall–Kier alpha value is -1.92. The SMILES string of the molecule is Cc1ccccc1-c1scnc1NC(=O)O[C@H]1CN2CCC1CC2. The third kappa shape index (κ3) is 3.03. The first-order valence-electron chi connectivity index (χ1n) is 8.40. The van der Waals surface area contributed by atoms with E-state index in [1.807, 2.05) is 18.2 Å². The summed E-state index contributed by atoms with van der Waals surface area (Å²) >= 11 is 1.53.